The Morgan fingerprint density at radius 3 is 2.68 bits per heavy atom. The van der Waals surface area contributed by atoms with Crippen LogP contribution in [0.15, 0.2) is 41.0 Å². The lowest BCUT2D eigenvalue weighted by Crippen LogP contribution is -2.26. The number of nitrogens with one attached hydrogen (secondary N) is 2. The number of allylic oxidation sites excluding steroid dienone is 2. The van der Waals surface area contributed by atoms with Crippen LogP contribution in [0.25, 0.3) is 0 Å². The number of amides is 1. The Morgan fingerprint density at radius 1 is 1.32 bits per heavy atom. The van der Waals surface area contributed by atoms with Gasteiger partial charge < -0.3 is 5.32 Å². The van der Waals surface area contributed by atoms with Gasteiger partial charge in [-0.2, -0.15) is 5.10 Å². The van der Waals surface area contributed by atoms with E-state index in [1.54, 1.807) is 12.1 Å². The van der Waals surface area contributed by atoms with Crippen molar-refractivity contribution in [1.82, 2.24) is 5.43 Å². The molecule has 19 heavy (non-hydrogen) atoms. The van der Waals surface area contributed by atoms with Crippen LogP contribution in [-0.2, 0) is 4.79 Å². The number of rotatable bonds is 4. The SMILES string of the molecule is CC1=C/C(=N/NC(=O)CNc2ccc(F)cc2)CC1. The highest BCUT2D eigenvalue weighted by molar-refractivity contribution is 5.98. The molecular weight excluding hydrogens is 245 g/mol. The molecule has 5 heteroatoms. The average Bonchev–Trinajstić information content (AvgIpc) is 2.81. The van der Waals surface area contributed by atoms with Crippen LogP contribution in [0.5, 0.6) is 0 Å². The Bertz CT molecular complexity index is 520. The topological polar surface area (TPSA) is 53.5 Å². The molecule has 0 atom stereocenters. The largest absolute Gasteiger partial charge is 0.376 e. The summed E-state index contributed by atoms with van der Waals surface area (Å²) in [6.45, 7) is 2.14. The van der Waals surface area contributed by atoms with Crippen LogP contribution >= 0.6 is 0 Å². The molecule has 4 nitrogen and oxygen atoms in total. The van der Waals surface area contributed by atoms with E-state index in [0.717, 1.165) is 18.6 Å². The molecule has 0 radical (unpaired) electrons. The minimum absolute atomic E-state index is 0.102. The standard InChI is InChI=1S/C14H16FN3O/c1-10-2-5-13(8-10)17-18-14(19)9-16-12-6-3-11(15)4-7-12/h3-4,6-8,16H,2,5,9H2,1H3,(H,18,19)/b17-13+. The lowest BCUT2D eigenvalue weighted by Gasteiger charge is -2.05. The molecule has 0 unspecified atom stereocenters. The number of anilines is 1. The molecule has 1 aliphatic rings. The summed E-state index contributed by atoms with van der Waals surface area (Å²) in [5.74, 6) is -0.528. The Kier molecular flexibility index (Phi) is 4.28. The molecule has 0 heterocycles. The van der Waals surface area contributed by atoms with E-state index in [2.05, 4.69) is 15.8 Å². The summed E-state index contributed by atoms with van der Waals surface area (Å²) in [5.41, 5.74) is 5.36. The Morgan fingerprint density at radius 2 is 2.05 bits per heavy atom. The van der Waals surface area contributed by atoms with Gasteiger partial charge in [-0.1, -0.05) is 5.57 Å². The zero-order valence-electron chi connectivity index (χ0n) is 10.7. The first kappa shape index (κ1) is 13.3. The van der Waals surface area contributed by atoms with E-state index in [-0.39, 0.29) is 18.3 Å². The van der Waals surface area contributed by atoms with Gasteiger partial charge in [0.2, 0.25) is 0 Å². The van der Waals surface area contributed by atoms with Crippen molar-refractivity contribution in [2.75, 3.05) is 11.9 Å². The average molecular weight is 261 g/mol. The normalized spacial score (nSPS) is 16.3. The van der Waals surface area contributed by atoms with Crippen LogP contribution in [0.1, 0.15) is 19.8 Å². The Labute approximate surface area is 111 Å². The maximum absolute atomic E-state index is 12.7. The number of hydrazone groups is 1. The monoisotopic (exact) mass is 261 g/mol. The third-order valence-corrected chi connectivity index (χ3v) is 2.81. The van der Waals surface area contributed by atoms with Gasteiger partial charge in [0.25, 0.3) is 5.91 Å². The van der Waals surface area contributed by atoms with Gasteiger partial charge in [0, 0.05) is 5.69 Å². The summed E-state index contributed by atoms with van der Waals surface area (Å²) < 4.78 is 12.7. The van der Waals surface area contributed by atoms with Crippen molar-refractivity contribution in [3.63, 3.8) is 0 Å². The van der Waals surface area contributed by atoms with E-state index in [4.69, 9.17) is 0 Å². The third kappa shape index (κ3) is 4.21. The molecule has 1 aromatic rings. The molecule has 0 fully saturated rings. The number of hydrogen-bond donors (Lipinski definition) is 2. The zero-order valence-corrected chi connectivity index (χ0v) is 10.7. The van der Waals surface area contributed by atoms with Gasteiger partial charge in [-0.3, -0.25) is 4.79 Å². The molecule has 0 spiro atoms. The second-order valence-electron chi connectivity index (χ2n) is 4.49. The van der Waals surface area contributed by atoms with Crippen molar-refractivity contribution >= 4 is 17.3 Å². The predicted octanol–water partition coefficient (Wildman–Crippen LogP) is 2.45. The molecule has 0 bridgehead atoms. The molecule has 1 aliphatic carbocycles. The van der Waals surface area contributed by atoms with Crippen LogP contribution in [0, 0.1) is 5.82 Å². The van der Waals surface area contributed by atoms with Gasteiger partial charge in [0.15, 0.2) is 0 Å². The van der Waals surface area contributed by atoms with Crippen LogP contribution in [0.2, 0.25) is 0 Å². The van der Waals surface area contributed by atoms with Crippen molar-refractivity contribution in [2.45, 2.75) is 19.8 Å². The lowest BCUT2D eigenvalue weighted by molar-refractivity contribution is -0.119. The number of carbonyl (C=O) groups is 1. The van der Waals surface area contributed by atoms with Crippen molar-refractivity contribution in [3.05, 3.63) is 41.7 Å². The Hall–Kier alpha value is -2.17. The molecule has 2 rings (SSSR count). The third-order valence-electron chi connectivity index (χ3n) is 2.81. The first-order valence-corrected chi connectivity index (χ1v) is 6.15. The number of nitrogens with zero attached hydrogens (tertiary/aromatic N) is 1. The summed E-state index contributed by atoms with van der Waals surface area (Å²) in [4.78, 5) is 11.5. The van der Waals surface area contributed by atoms with Crippen LogP contribution in [0.4, 0.5) is 10.1 Å². The summed E-state index contributed by atoms with van der Waals surface area (Å²) in [6, 6.07) is 5.84. The molecule has 1 amide bonds. The minimum Gasteiger partial charge on any atom is -0.376 e. The fraction of sp³-hybridized carbons (Fsp3) is 0.286. The molecule has 1 aromatic carbocycles. The predicted molar refractivity (Wildman–Crippen MR) is 73.5 cm³/mol. The second kappa shape index (κ2) is 6.13. The molecule has 0 aromatic heterocycles. The first-order chi connectivity index (χ1) is 9.13. The lowest BCUT2D eigenvalue weighted by atomic mass is 10.3. The van der Waals surface area contributed by atoms with Crippen molar-refractivity contribution < 1.29 is 9.18 Å². The molecule has 0 aliphatic heterocycles. The van der Waals surface area contributed by atoms with E-state index < -0.39 is 0 Å². The number of hydrogen-bond acceptors (Lipinski definition) is 3. The molecule has 2 N–H and O–H groups in total. The molecule has 100 valence electrons. The summed E-state index contributed by atoms with van der Waals surface area (Å²) in [5, 5.41) is 6.93. The van der Waals surface area contributed by atoms with Crippen LogP contribution in [0.3, 0.4) is 0 Å². The van der Waals surface area contributed by atoms with Gasteiger partial charge in [0.1, 0.15) is 5.82 Å². The molecule has 0 saturated carbocycles. The van der Waals surface area contributed by atoms with Gasteiger partial charge in [-0.05, 0) is 50.1 Å². The van der Waals surface area contributed by atoms with E-state index in [1.807, 2.05) is 13.0 Å². The molecule has 0 saturated heterocycles. The fourth-order valence-electron chi connectivity index (χ4n) is 1.77. The highest BCUT2D eigenvalue weighted by Crippen LogP contribution is 2.14. The van der Waals surface area contributed by atoms with Gasteiger partial charge in [0.05, 0.1) is 12.3 Å². The smallest absolute Gasteiger partial charge is 0.259 e. The van der Waals surface area contributed by atoms with E-state index in [1.165, 1.54) is 17.7 Å². The maximum Gasteiger partial charge on any atom is 0.259 e. The van der Waals surface area contributed by atoms with Crippen LogP contribution in [-0.4, -0.2) is 18.2 Å². The minimum atomic E-state index is -0.301. The van der Waals surface area contributed by atoms with Crippen molar-refractivity contribution in [2.24, 2.45) is 5.10 Å². The quantitative estimate of drug-likeness (QED) is 0.818. The summed E-state index contributed by atoms with van der Waals surface area (Å²) in [6.07, 6.45) is 3.85. The highest BCUT2D eigenvalue weighted by Gasteiger charge is 2.07. The van der Waals surface area contributed by atoms with E-state index >= 15 is 0 Å². The zero-order chi connectivity index (χ0) is 13.7. The van der Waals surface area contributed by atoms with Gasteiger partial charge >= 0.3 is 0 Å². The fourth-order valence-corrected chi connectivity index (χ4v) is 1.77. The van der Waals surface area contributed by atoms with Gasteiger partial charge in [-0.25, -0.2) is 9.82 Å². The van der Waals surface area contributed by atoms with Gasteiger partial charge in [-0.15, -0.1) is 0 Å². The number of halogens is 1. The van der Waals surface area contributed by atoms with Crippen molar-refractivity contribution in [1.29, 1.82) is 0 Å². The number of carbonyl (C=O) groups excluding carboxylic acids is 1. The molecular formula is C14H16FN3O. The highest BCUT2D eigenvalue weighted by atomic mass is 19.1. The van der Waals surface area contributed by atoms with Crippen LogP contribution < -0.4 is 10.7 Å². The maximum atomic E-state index is 12.7. The first-order valence-electron chi connectivity index (χ1n) is 6.15. The Balaban J connectivity index is 1.77. The van der Waals surface area contributed by atoms with E-state index in [9.17, 15) is 9.18 Å². The summed E-state index contributed by atoms with van der Waals surface area (Å²) >= 11 is 0. The van der Waals surface area contributed by atoms with Crippen molar-refractivity contribution in [3.8, 4) is 0 Å². The van der Waals surface area contributed by atoms with E-state index in [0.29, 0.717) is 5.69 Å². The summed E-state index contributed by atoms with van der Waals surface area (Å²) in [7, 11) is 0. The second-order valence-corrected chi connectivity index (χ2v) is 4.49. The number of benzene rings is 1.